The number of halogens is 2. The van der Waals surface area contributed by atoms with Crippen molar-refractivity contribution < 1.29 is 4.39 Å². The highest BCUT2D eigenvalue weighted by Gasteiger charge is 2.15. The summed E-state index contributed by atoms with van der Waals surface area (Å²) in [4.78, 5) is 0. The van der Waals surface area contributed by atoms with Crippen molar-refractivity contribution in [3.05, 3.63) is 56.5 Å². The minimum atomic E-state index is -0.201. The van der Waals surface area contributed by atoms with Gasteiger partial charge in [-0.3, -0.25) is 0 Å². The molecular formula is C14H15ClFNS. The number of hydrogen-bond acceptors (Lipinski definition) is 2. The van der Waals surface area contributed by atoms with Gasteiger partial charge in [-0.1, -0.05) is 11.6 Å². The summed E-state index contributed by atoms with van der Waals surface area (Å²) in [5.41, 5.74) is 3.11. The summed E-state index contributed by atoms with van der Waals surface area (Å²) < 4.78 is 13.7. The van der Waals surface area contributed by atoms with Gasteiger partial charge in [0.25, 0.3) is 0 Å². The lowest BCUT2D eigenvalue weighted by atomic mass is 9.98. The normalized spacial score (nSPS) is 12.7. The fourth-order valence-corrected chi connectivity index (χ4v) is 3.11. The quantitative estimate of drug-likeness (QED) is 0.879. The summed E-state index contributed by atoms with van der Waals surface area (Å²) in [6.45, 7) is 2.07. The lowest BCUT2D eigenvalue weighted by molar-refractivity contribution is 0.554. The molecule has 2 rings (SSSR count). The van der Waals surface area contributed by atoms with Gasteiger partial charge in [-0.2, -0.15) is 11.3 Å². The fourth-order valence-electron chi connectivity index (χ4n) is 2.01. The summed E-state index contributed by atoms with van der Waals surface area (Å²) in [5, 5.41) is 8.03. The molecule has 0 amide bonds. The van der Waals surface area contributed by atoms with Gasteiger partial charge in [0.2, 0.25) is 0 Å². The molecule has 0 saturated heterocycles. The molecule has 1 nitrogen and oxygen atoms in total. The van der Waals surface area contributed by atoms with Crippen LogP contribution in [-0.2, 0) is 6.42 Å². The van der Waals surface area contributed by atoms with E-state index >= 15 is 0 Å². The lowest BCUT2D eigenvalue weighted by Gasteiger charge is -2.17. The number of hydrogen-bond donors (Lipinski definition) is 1. The van der Waals surface area contributed by atoms with Gasteiger partial charge in [0.15, 0.2) is 0 Å². The topological polar surface area (TPSA) is 12.0 Å². The average Bonchev–Trinajstić information content (AvgIpc) is 2.77. The number of thiophene rings is 1. The van der Waals surface area contributed by atoms with Gasteiger partial charge in [-0.05, 0) is 66.0 Å². The summed E-state index contributed by atoms with van der Waals surface area (Å²) >= 11 is 7.58. The molecule has 0 aliphatic rings. The number of nitrogens with one attached hydrogen (secondary N) is 1. The summed E-state index contributed by atoms with van der Waals surface area (Å²) in [5.74, 6) is -0.201. The van der Waals surface area contributed by atoms with Crippen LogP contribution in [0.5, 0.6) is 0 Å². The number of rotatable bonds is 4. The number of aryl methyl sites for hydroxylation is 1. The van der Waals surface area contributed by atoms with E-state index in [0.717, 1.165) is 0 Å². The van der Waals surface area contributed by atoms with E-state index in [1.54, 1.807) is 23.5 Å². The van der Waals surface area contributed by atoms with E-state index in [-0.39, 0.29) is 11.9 Å². The molecule has 2 aromatic rings. The molecule has 18 heavy (non-hydrogen) atoms. The van der Waals surface area contributed by atoms with Gasteiger partial charge in [0.1, 0.15) is 5.82 Å². The second kappa shape index (κ2) is 5.83. The van der Waals surface area contributed by atoms with E-state index in [2.05, 4.69) is 23.0 Å². The maximum Gasteiger partial charge on any atom is 0.126 e. The van der Waals surface area contributed by atoms with Gasteiger partial charge in [-0.25, -0.2) is 4.39 Å². The molecule has 1 unspecified atom stereocenters. The molecule has 0 fully saturated rings. The first-order chi connectivity index (χ1) is 8.61. The van der Waals surface area contributed by atoms with Crippen molar-refractivity contribution in [2.45, 2.75) is 19.4 Å². The number of benzene rings is 1. The van der Waals surface area contributed by atoms with Crippen molar-refractivity contribution in [1.82, 2.24) is 5.32 Å². The van der Waals surface area contributed by atoms with E-state index in [4.69, 9.17) is 11.6 Å². The largest absolute Gasteiger partial charge is 0.313 e. The third-order valence-corrected chi connectivity index (χ3v) is 4.17. The molecule has 1 N–H and O–H groups in total. The molecule has 0 aliphatic heterocycles. The Kier molecular flexibility index (Phi) is 4.38. The van der Waals surface area contributed by atoms with Crippen molar-refractivity contribution in [2.24, 2.45) is 0 Å². The monoisotopic (exact) mass is 283 g/mol. The van der Waals surface area contributed by atoms with E-state index in [1.165, 1.54) is 17.2 Å². The highest BCUT2D eigenvalue weighted by Crippen LogP contribution is 2.26. The van der Waals surface area contributed by atoms with Crippen LogP contribution in [0.2, 0.25) is 5.02 Å². The SMILES string of the molecule is CNC(Cc1cc(Cl)ccc1F)c1cscc1C. The standard InChI is InChI=1S/C14H15ClFNS/c1-9-7-18-8-12(9)14(17-2)6-10-5-11(15)3-4-13(10)16/h3-5,7-8,14,17H,6H2,1-2H3. The maximum absolute atomic E-state index is 13.7. The van der Waals surface area contributed by atoms with Crippen molar-refractivity contribution >= 4 is 22.9 Å². The van der Waals surface area contributed by atoms with Crippen LogP contribution in [-0.4, -0.2) is 7.05 Å². The predicted octanol–water partition coefficient (Wildman–Crippen LogP) is 4.35. The zero-order valence-corrected chi connectivity index (χ0v) is 11.9. The third kappa shape index (κ3) is 2.91. The molecule has 0 aliphatic carbocycles. The Morgan fingerprint density at radius 2 is 2.17 bits per heavy atom. The van der Waals surface area contributed by atoms with E-state index in [9.17, 15) is 4.39 Å². The summed E-state index contributed by atoms with van der Waals surface area (Å²) in [6.07, 6.45) is 0.598. The smallest absolute Gasteiger partial charge is 0.126 e. The minimum absolute atomic E-state index is 0.115. The molecule has 0 radical (unpaired) electrons. The van der Waals surface area contributed by atoms with Gasteiger partial charge >= 0.3 is 0 Å². The van der Waals surface area contributed by atoms with Crippen LogP contribution in [0.15, 0.2) is 29.0 Å². The van der Waals surface area contributed by atoms with Crippen molar-refractivity contribution in [2.75, 3.05) is 7.05 Å². The lowest BCUT2D eigenvalue weighted by Crippen LogP contribution is -2.19. The summed E-state index contributed by atoms with van der Waals surface area (Å²) in [6, 6.07) is 4.81. The molecule has 1 aromatic carbocycles. The van der Waals surface area contributed by atoms with E-state index in [0.29, 0.717) is 17.0 Å². The molecule has 0 bridgehead atoms. The molecule has 1 heterocycles. The summed E-state index contributed by atoms with van der Waals surface area (Å²) in [7, 11) is 1.89. The average molecular weight is 284 g/mol. The maximum atomic E-state index is 13.7. The predicted molar refractivity (Wildman–Crippen MR) is 76.0 cm³/mol. The second-order valence-electron chi connectivity index (χ2n) is 4.29. The van der Waals surface area contributed by atoms with Crippen LogP contribution in [0.4, 0.5) is 4.39 Å². The Bertz CT molecular complexity index is 538. The van der Waals surface area contributed by atoms with Crippen LogP contribution in [0, 0.1) is 12.7 Å². The molecule has 0 saturated carbocycles. The minimum Gasteiger partial charge on any atom is -0.313 e. The van der Waals surface area contributed by atoms with Crippen LogP contribution < -0.4 is 5.32 Å². The molecule has 0 spiro atoms. The molecule has 1 aromatic heterocycles. The zero-order chi connectivity index (χ0) is 13.1. The first-order valence-electron chi connectivity index (χ1n) is 5.75. The highest BCUT2D eigenvalue weighted by atomic mass is 35.5. The Morgan fingerprint density at radius 3 is 2.78 bits per heavy atom. The van der Waals surface area contributed by atoms with Crippen molar-refractivity contribution in [3.8, 4) is 0 Å². The van der Waals surface area contributed by atoms with Crippen molar-refractivity contribution in [1.29, 1.82) is 0 Å². The molecule has 4 heteroatoms. The van der Waals surface area contributed by atoms with Crippen LogP contribution in [0.3, 0.4) is 0 Å². The molecular weight excluding hydrogens is 269 g/mol. The Balaban J connectivity index is 2.26. The highest BCUT2D eigenvalue weighted by molar-refractivity contribution is 7.08. The van der Waals surface area contributed by atoms with Crippen LogP contribution in [0.25, 0.3) is 0 Å². The first kappa shape index (κ1) is 13.5. The Labute approximate surface area is 116 Å². The Morgan fingerprint density at radius 1 is 1.39 bits per heavy atom. The number of likely N-dealkylation sites (N-methyl/N-ethyl adjacent to an activating group) is 1. The molecule has 1 atom stereocenters. The second-order valence-corrected chi connectivity index (χ2v) is 5.47. The van der Waals surface area contributed by atoms with E-state index in [1.807, 2.05) is 7.05 Å². The first-order valence-corrected chi connectivity index (χ1v) is 7.07. The Hall–Kier alpha value is -0.900. The van der Waals surface area contributed by atoms with E-state index < -0.39 is 0 Å². The zero-order valence-electron chi connectivity index (χ0n) is 10.3. The van der Waals surface area contributed by atoms with Crippen LogP contribution in [0.1, 0.15) is 22.7 Å². The third-order valence-electron chi connectivity index (χ3n) is 3.05. The molecule has 96 valence electrons. The van der Waals surface area contributed by atoms with Gasteiger partial charge < -0.3 is 5.32 Å². The van der Waals surface area contributed by atoms with Gasteiger partial charge in [0, 0.05) is 11.1 Å². The van der Waals surface area contributed by atoms with Gasteiger partial charge in [-0.15, -0.1) is 0 Å². The van der Waals surface area contributed by atoms with Crippen molar-refractivity contribution in [3.63, 3.8) is 0 Å². The van der Waals surface area contributed by atoms with Crippen LogP contribution >= 0.6 is 22.9 Å². The van der Waals surface area contributed by atoms with Gasteiger partial charge in [0.05, 0.1) is 0 Å². The fraction of sp³-hybridized carbons (Fsp3) is 0.286.